The van der Waals surface area contributed by atoms with Crippen molar-refractivity contribution >= 4 is 17.8 Å². The van der Waals surface area contributed by atoms with Crippen LogP contribution in [0.15, 0.2) is 24.3 Å². The molecule has 0 radical (unpaired) electrons. The van der Waals surface area contributed by atoms with Crippen LogP contribution in [0.1, 0.15) is 5.56 Å². The molecule has 5 heteroatoms. The highest BCUT2D eigenvalue weighted by Crippen LogP contribution is 2.14. The van der Waals surface area contributed by atoms with Gasteiger partial charge in [0.2, 0.25) is 0 Å². The summed E-state index contributed by atoms with van der Waals surface area (Å²) in [6.07, 6.45) is 0.426. The van der Waals surface area contributed by atoms with Gasteiger partial charge in [0.15, 0.2) is 0 Å². The zero-order chi connectivity index (χ0) is 11.3. The lowest BCUT2D eigenvalue weighted by Crippen LogP contribution is -2.33. The molecule has 1 atom stereocenters. The van der Waals surface area contributed by atoms with Crippen LogP contribution in [-0.2, 0) is 16.0 Å². The number of carbonyl (C=O) groups excluding carboxylic acids is 1. The standard InChI is InChI=1S/C10H12ClNO3/c1-14-10(13)9(12)6-7-2-4-8(15-11)5-3-7/h2-5,9H,6,12H2,1H3. The van der Waals surface area contributed by atoms with Gasteiger partial charge in [0.1, 0.15) is 23.7 Å². The van der Waals surface area contributed by atoms with Crippen LogP contribution >= 0.6 is 11.9 Å². The lowest BCUT2D eigenvalue weighted by Gasteiger charge is -2.08. The first-order valence-corrected chi connectivity index (χ1v) is 4.69. The van der Waals surface area contributed by atoms with Gasteiger partial charge in [0.05, 0.1) is 7.11 Å². The third kappa shape index (κ3) is 3.42. The van der Waals surface area contributed by atoms with Gasteiger partial charge in [-0.1, -0.05) is 12.1 Å². The van der Waals surface area contributed by atoms with Gasteiger partial charge in [-0.25, -0.2) is 0 Å². The third-order valence-electron chi connectivity index (χ3n) is 1.97. The highest BCUT2D eigenvalue weighted by atomic mass is 35.5. The Morgan fingerprint density at radius 3 is 2.53 bits per heavy atom. The number of hydrogen-bond acceptors (Lipinski definition) is 4. The number of ether oxygens (including phenoxy) is 1. The summed E-state index contributed by atoms with van der Waals surface area (Å²) in [5.74, 6) is 0.125. The van der Waals surface area contributed by atoms with Gasteiger partial charge in [-0.3, -0.25) is 4.79 Å². The van der Waals surface area contributed by atoms with Crippen LogP contribution in [0.3, 0.4) is 0 Å². The van der Waals surface area contributed by atoms with Crippen LogP contribution in [-0.4, -0.2) is 19.1 Å². The van der Waals surface area contributed by atoms with Crippen LogP contribution in [0.2, 0.25) is 0 Å². The second-order valence-electron chi connectivity index (χ2n) is 3.05. The molecule has 1 rings (SSSR count). The second kappa shape index (κ2) is 5.58. The molecular weight excluding hydrogens is 218 g/mol. The number of rotatable bonds is 4. The molecular formula is C10H12ClNO3. The molecule has 0 saturated carbocycles. The van der Waals surface area contributed by atoms with Crippen LogP contribution in [0.4, 0.5) is 0 Å². The maximum atomic E-state index is 11.0. The molecule has 0 aromatic heterocycles. The van der Waals surface area contributed by atoms with Crippen LogP contribution < -0.4 is 10.0 Å². The Bertz CT molecular complexity index is 326. The summed E-state index contributed by atoms with van der Waals surface area (Å²) < 4.78 is 9.01. The van der Waals surface area contributed by atoms with Gasteiger partial charge in [0, 0.05) is 0 Å². The first-order valence-electron chi connectivity index (χ1n) is 4.38. The van der Waals surface area contributed by atoms with Crippen molar-refractivity contribution in [3.8, 4) is 5.75 Å². The van der Waals surface area contributed by atoms with E-state index in [-0.39, 0.29) is 0 Å². The molecule has 1 unspecified atom stereocenters. The molecule has 0 amide bonds. The number of benzene rings is 1. The number of carbonyl (C=O) groups is 1. The highest BCUT2D eigenvalue weighted by Gasteiger charge is 2.13. The summed E-state index contributed by atoms with van der Waals surface area (Å²) in [7, 11) is 1.31. The van der Waals surface area contributed by atoms with Crippen molar-refractivity contribution in [2.75, 3.05) is 7.11 Å². The summed E-state index contributed by atoms with van der Waals surface area (Å²) >= 11 is 5.16. The minimum atomic E-state index is -0.641. The van der Waals surface area contributed by atoms with E-state index in [1.807, 2.05) is 0 Å². The average molecular weight is 230 g/mol. The largest absolute Gasteiger partial charge is 0.468 e. The van der Waals surface area contributed by atoms with Gasteiger partial charge in [0.25, 0.3) is 0 Å². The van der Waals surface area contributed by atoms with Crippen molar-refractivity contribution in [3.05, 3.63) is 29.8 Å². The summed E-state index contributed by atoms with van der Waals surface area (Å²) in [4.78, 5) is 11.0. The lowest BCUT2D eigenvalue weighted by molar-refractivity contribution is -0.142. The quantitative estimate of drug-likeness (QED) is 0.790. The Labute approximate surface area is 93.1 Å². The van der Waals surface area contributed by atoms with E-state index in [2.05, 4.69) is 9.03 Å². The average Bonchev–Trinajstić information content (AvgIpc) is 2.29. The van der Waals surface area contributed by atoms with E-state index in [1.54, 1.807) is 24.3 Å². The van der Waals surface area contributed by atoms with Crippen molar-refractivity contribution in [3.63, 3.8) is 0 Å². The van der Waals surface area contributed by atoms with Crippen molar-refractivity contribution in [2.24, 2.45) is 5.73 Å². The molecule has 1 aromatic rings. The summed E-state index contributed by atoms with van der Waals surface area (Å²) in [5.41, 5.74) is 6.52. The first kappa shape index (κ1) is 11.8. The van der Waals surface area contributed by atoms with Crippen LogP contribution in [0.25, 0.3) is 0 Å². The lowest BCUT2D eigenvalue weighted by atomic mass is 10.1. The molecule has 0 aliphatic carbocycles. The molecule has 1 aromatic carbocycles. The fraction of sp³-hybridized carbons (Fsp3) is 0.300. The number of esters is 1. The van der Waals surface area contributed by atoms with Gasteiger partial charge in [-0.2, -0.15) is 0 Å². The maximum absolute atomic E-state index is 11.0. The summed E-state index contributed by atoms with van der Waals surface area (Å²) in [6.45, 7) is 0. The molecule has 0 fully saturated rings. The molecule has 0 aliphatic heterocycles. The Hall–Kier alpha value is -1.26. The van der Waals surface area contributed by atoms with Gasteiger partial charge >= 0.3 is 5.97 Å². The molecule has 2 N–H and O–H groups in total. The van der Waals surface area contributed by atoms with E-state index in [9.17, 15) is 4.79 Å². The maximum Gasteiger partial charge on any atom is 0.322 e. The van der Waals surface area contributed by atoms with E-state index in [1.165, 1.54) is 7.11 Å². The monoisotopic (exact) mass is 229 g/mol. The minimum absolute atomic E-state index is 0.423. The topological polar surface area (TPSA) is 61.5 Å². The Morgan fingerprint density at radius 2 is 2.07 bits per heavy atom. The molecule has 82 valence electrons. The van der Waals surface area contributed by atoms with Crippen LogP contribution in [0.5, 0.6) is 5.75 Å². The van der Waals surface area contributed by atoms with Crippen molar-refractivity contribution in [1.29, 1.82) is 0 Å². The zero-order valence-electron chi connectivity index (χ0n) is 8.27. The highest BCUT2D eigenvalue weighted by molar-refractivity contribution is 6.09. The van der Waals surface area contributed by atoms with Crippen molar-refractivity contribution < 1.29 is 13.8 Å². The normalized spacial score (nSPS) is 11.9. The number of halogens is 1. The Morgan fingerprint density at radius 1 is 1.47 bits per heavy atom. The predicted octanol–water partition coefficient (Wildman–Crippen LogP) is 1.26. The Balaban J connectivity index is 2.60. The molecule has 0 aliphatic rings. The fourth-order valence-corrected chi connectivity index (χ4v) is 1.27. The first-order chi connectivity index (χ1) is 7.17. The number of methoxy groups -OCH3 is 1. The predicted molar refractivity (Wildman–Crippen MR) is 56.6 cm³/mol. The molecule has 15 heavy (non-hydrogen) atoms. The van der Waals surface area contributed by atoms with Crippen molar-refractivity contribution in [1.82, 2.24) is 0 Å². The molecule has 4 nitrogen and oxygen atoms in total. The van der Waals surface area contributed by atoms with Gasteiger partial charge in [-0.05, 0) is 24.1 Å². The van der Waals surface area contributed by atoms with Gasteiger partial charge < -0.3 is 14.8 Å². The smallest absolute Gasteiger partial charge is 0.322 e. The van der Waals surface area contributed by atoms with E-state index >= 15 is 0 Å². The molecule has 0 bridgehead atoms. The zero-order valence-corrected chi connectivity index (χ0v) is 9.03. The van der Waals surface area contributed by atoms with E-state index in [0.717, 1.165) is 5.56 Å². The van der Waals surface area contributed by atoms with Gasteiger partial charge in [-0.15, -0.1) is 0 Å². The van der Waals surface area contributed by atoms with E-state index in [4.69, 9.17) is 17.6 Å². The third-order valence-corrected chi connectivity index (χ3v) is 2.15. The SMILES string of the molecule is COC(=O)C(N)Cc1ccc(OCl)cc1. The van der Waals surface area contributed by atoms with Crippen LogP contribution in [0, 0.1) is 0 Å². The minimum Gasteiger partial charge on any atom is -0.468 e. The second-order valence-corrected chi connectivity index (χ2v) is 3.21. The number of nitrogens with two attached hydrogens (primary N) is 1. The van der Waals surface area contributed by atoms with Crippen molar-refractivity contribution in [2.45, 2.75) is 12.5 Å². The summed E-state index contributed by atoms with van der Waals surface area (Å²) in [5, 5.41) is 0. The molecule has 0 heterocycles. The summed E-state index contributed by atoms with van der Waals surface area (Å²) in [6, 6.07) is 6.34. The van der Waals surface area contributed by atoms with E-state index in [0.29, 0.717) is 12.2 Å². The number of hydrogen-bond donors (Lipinski definition) is 1. The Kier molecular flexibility index (Phi) is 4.39. The van der Waals surface area contributed by atoms with E-state index < -0.39 is 12.0 Å². The fourth-order valence-electron chi connectivity index (χ4n) is 1.17. The molecule has 0 spiro atoms. The molecule has 0 saturated heterocycles.